The molecule has 0 radical (unpaired) electrons. The van der Waals surface area contributed by atoms with Crippen molar-refractivity contribution in [2.75, 3.05) is 5.32 Å². The average Bonchev–Trinajstić information content (AvgIpc) is 2.47. The molecule has 3 rings (SSSR count). The highest BCUT2D eigenvalue weighted by Crippen LogP contribution is 2.27. The number of aromatic nitrogens is 2. The van der Waals surface area contributed by atoms with Crippen molar-refractivity contribution in [2.24, 2.45) is 0 Å². The van der Waals surface area contributed by atoms with Crippen molar-refractivity contribution in [3.8, 4) is 0 Å². The number of rotatable bonds is 3. The Morgan fingerprint density at radius 3 is 2.68 bits per heavy atom. The van der Waals surface area contributed by atoms with Gasteiger partial charge in [0.1, 0.15) is 5.82 Å². The SMILES string of the molecule is Brc1cccc2c(NCc3ccccn3)nccc12. The van der Waals surface area contributed by atoms with Crippen LogP contribution in [0.25, 0.3) is 10.8 Å². The molecule has 0 saturated carbocycles. The predicted octanol–water partition coefficient (Wildman–Crippen LogP) is 4.00. The van der Waals surface area contributed by atoms with E-state index in [2.05, 4.69) is 37.3 Å². The molecule has 94 valence electrons. The van der Waals surface area contributed by atoms with Crippen LogP contribution < -0.4 is 5.32 Å². The average molecular weight is 314 g/mol. The highest BCUT2D eigenvalue weighted by molar-refractivity contribution is 9.10. The standard InChI is InChI=1S/C15H12BrN3/c16-14-6-3-5-13-12(14)7-9-18-15(13)19-10-11-4-1-2-8-17-11/h1-9H,10H2,(H,18,19). The minimum atomic E-state index is 0.666. The number of pyridine rings is 2. The molecule has 0 aliphatic heterocycles. The number of nitrogens with zero attached hydrogens (tertiary/aromatic N) is 2. The van der Waals surface area contributed by atoms with Gasteiger partial charge < -0.3 is 5.32 Å². The van der Waals surface area contributed by atoms with E-state index in [1.54, 1.807) is 6.20 Å². The van der Waals surface area contributed by atoms with Gasteiger partial charge in [0.15, 0.2) is 0 Å². The van der Waals surface area contributed by atoms with E-state index in [9.17, 15) is 0 Å². The van der Waals surface area contributed by atoms with Crippen LogP contribution in [0.4, 0.5) is 5.82 Å². The van der Waals surface area contributed by atoms with Gasteiger partial charge in [-0.25, -0.2) is 4.98 Å². The Balaban J connectivity index is 1.91. The largest absolute Gasteiger partial charge is 0.364 e. The first kappa shape index (κ1) is 12.1. The molecule has 1 aromatic carbocycles. The molecule has 0 atom stereocenters. The predicted molar refractivity (Wildman–Crippen MR) is 81.0 cm³/mol. The van der Waals surface area contributed by atoms with Gasteiger partial charge in [0.2, 0.25) is 0 Å². The molecular weight excluding hydrogens is 302 g/mol. The van der Waals surface area contributed by atoms with E-state index in [4.69, 9.17) is 0 Å². The highest BCUT2D eigenvalue weighted by Gasteiger charge is 2.04. The third kappa shape index (κ3) is 2.58. The molecule has 0 bridgehead atoms. The summed E-state index contributed by atoms with van der Waals surface area (Å²) in [5.74, 6) is 0.879. The molecule has 1 N–H and O–H groups in total. The van der Waals surface area contributed by atoms with Gasteiger partial charge >= 0.3 is 0 Å². The first-order valence-electron chi connectivity index (χ1n) is 6.01. The molecule has 19 heavy (non-hydrogen) atoms. The summed E-state index contributed by atoms with van der Waals surface area (Å²) in [5.41, 5.74) is 0.997. The zero-order valence-electron chi connectivity index (χ0n) is 10.2. The van der Waals surface area contributed by atoms with Crippen molar-refractivity contribution in [2.45, 2.75) is 6.54 Å². The number of anilines is 1. The van der Waals surface area contributed by atoms with E-state index in [1.807, 2.05) is 42.6 Å². The summed E-state index contributed by atoms with van der Waals surface area (Å²) in [7, 11) is 0. The lowest BCUT2D eigenvalue weighted by Crippen LogP contribution is -2.03. The maximum absolute atomic E-state index is 4.40. The van der Waals surface area contributed by atoms with Crippen molar-refractivity contribution in [3.05, 3.63) is 65.0 Å². The second kappa shape index (κ2) is 5.36. The second-order valence-electron chi connectivity index (χ2n) is 4.17. The van der Waals surface area contributed by atoms with Crippen LogP contribution in [0.2, 0.25) is 0 Å². The van der Waals surface area contributed by atoms with Crippen LogP contribution in [-0.2, 0) is 6.54 Å². The maximum Gasteiger partial charge on any atom is 0.134 e. The quantitative estimate of drug-likeness (QED) is 0.794. The number of halogens is 1. The molecule has 0 amide bonds. The number of hydrogen-bond acceptors (Lipinski definition) is 3. The normalized spacial score (nSPS) is 10.6. The van der Waals surface area contributed by atoms with Crippen LogP contribution in [0.5, 0.6) is 0 Å². The summed E-state index contributed by atoms with van der Waals surface area (Å²) in [4.78, 5) is 8.70. The fourth-order valence-electron chi connectivity index (χ4n) is 1.99. The van der Waals surface area contributed by atoms with Gasteiger partial charge in [-0.2, -0.15) is 0 Å². The van der Waals surface area contributed by atoms with Gasteiger partial charge in [-0.3, -0.25) is 4.98 Å². The number of hydrogen-bond donors (Lipinski definition) is 1. The van der Waals surface area contributed by atoms with E-state index in [1.165, 1.54) is 0 Å². The summed E-state index contributed by atoms with van der Waals surface area (Å²) in [6.45, 7) is 0.666. The Morgan fingerprint density at radius 1 is 0.895 bits per heavy atom. The van der Waals surface area contributed by atoms with Crippen molar-refractivity contribution in [3.63, 3.8) is 0 Å². The number of nitrogens with one attached hydrogen (secondary N) is 1. The topological polar surface area (TPSA) is 37.8 Å². The van der Waals surface area contributed by atoms with E-state index in [0.29, 0.717) is 6.54 Å². The first-order valence-corrected chi connectivity index (χ1v) is 6.81. The molecule has 0 fully saturated rings. The molecule has 3 nitrogen and oxygen atoms in total. The Bertz CT molecular complexity index is 698. The molecular formula is C15H12BrN3. The molecule has 0 saturated heterocycles. The second-order valence-corrected chi connectivity index (χ2v) is 5.02. The smallest absolute Gasteiger partial charge is 0.134 e. The monoisotopic (exact) mass is 313 g/mol. The first-order chi connectivity index (χ1) is 9.34. The van der Waals surface area contributed by atoms with Crippen molar-refractivity contribution in [1.29, 1.82) is 0 Å². The lowest BCUT2D eigenvalue weighted by Gasteiger charge is -2.09. The van der Waals surface area contributed by atoms with Gasteiger partial charge in [0.25, 0.3) is 0 Å². The third-order valence-electron chi connectivity index (χ3n) is 2.92. The Kier molecular flexibility index (Phi) is 3.42. The van der Waals surface area contributed by atoms with Gasteiger partial charge in [-0.15, -0.1) is 0 Å². The molecule has 0 aliphatic carbocycles. The van der Waals surface area contributed by atoms with Crippen LogP contribution in [0, 0.1) is 0 Å². The van der Waals surface area contributed by atoms with Crippen LogP contribution in [-0.4, -0.2) is 9.97 Å². The van der Waals surface area contributed by atoms with Crippen LogP contribution >= 0.6 is 15.9 Å². The summed E-state index contributed by atoms with van der Waals surface area (Å²) in [6, 6.07) is 14.0. The Morgan fingerprint density at radius 2 is 1.84 bits per heavy atom. The number of fused-ring (bicyclic) bond motifs is 1. The lowest BCUT2D eigenvalue weighted by molar-refractivity contribution is 1.03. The molecule has 0 unspecified atom stereocenters. The molecule has 0 spiro atoms. The van der Waals surface area contributed by atoms with Gasteiger partial charge in [0.05, 0.1) is 12.2 Å². The van der Waals surface area contributed by atoms with Gasteiger partial charge in [-0.1, -0.05) is 34.1 Å². The molecule has 0 aliphatic rings. The van der Waals surface area contributed by atoms with Crippen molar-refractivity contribution < 1.29 is 0 Å². The van der Waals surface area contributed by atoms with Crippen LogP contribution in [0.1, 0.15) is 5.69 Å². The zero-order valence-corrected chi connectivity index (χ0v) is 11.8. The van der Waals surface area contributed by atoms with E-state index < -0.39 is 0 Å². The fraction of sp³-hybridized carbons (Fsp3) is 0.0667. The summed E-state index contributed by atoms with van der Waals surface area (Å²) < 4.78 is 1.08. The maximum atomic E-state index is 4.40. The van der Waals surface area contributed by atoms with Crippen molar-refractivity contribution >= 4 is 32.5 Å². The lowest BCUT2D eigenvalue weighted by atomic mass is 10.1. The summed E-state index contributed by atoms with van der Waals surface area (Å²) in [5, 5.41) is 5.59. The van der Waals surface area contributed by atoms with Crippen LogP contribution in [0.15, 0.2) is 59.3 Å². The minimum absolute atomic E-state index is 0.666. The molecule has 2 aromatic heterocycles. The molecule has 3 aromatic rings. The van der Waals surface area contributed by atoms with E-state index in [-0.39, 0.29) is 0 Å². The van der Waals surface area contributed by atoms with Crippen LogP contribution in [0.3, 0.4) is 0 Å². The number of benzene rings is 1. The third-order valence-corrected chi connectivity index (χ3v) is 3.61. The van der Waals surface area contributed by atoms with Gasteiger partial charge in [0, 0.05) is 27.6 Å². The Labute approximate surface area is 119 Å². The van der Waals surface area contributed by atoms with Gasteiger partial charge in [-0.05, 0) is 24.3 Å². The van der Waals surface area contributed by atoms with Crippen molar-refractivity contribution in [1.82, 2.24) is 9.97 Å². The molecule has 2 heterocycles. The molecule has 4 heteroatoms. The Hall–Kier alpha value is -1.94. The minimum Gasteiger partial charge on any atom is -0.364 e. The highest BCUT2D eigenvalue weighted by atomic mass is 79.9. The zero-order chi connectivity index (χ0) is 13.1. The van der Waals surface area contributed by atoms with E-state index >= 15 is 0 Å². The summed E-state index contributed by atoms with van der Waals surface area (Å²) in [6.07, 6.45) is 3.61. The fourth-order valence-corrected chi connectivity index (χ4v) is 2.49. The van der Waals surface area contributed by atoms with E-state index in [0.717, 1.165) is 26.8 Å². The summed E-state index contributed by atoms with van der Waals surface area (Å²) >= 11 is 3.56.